The predicted molar refractivity (Wildman–Crippen MR) is 28.0 cm³/mol. The Morgan fingerprint density at radius 1 is 1.43 bits per heavy atom. The third-order valence-corrected chi connectivity index (χ3v) is 0.586. The van der Waals surface area contributed by atoms with Crippen molar-refractivity contribution >= 4 is 0 Å². The first kappa shape index (κ1) is 10.1. The van der Waals surface area contributed by atoms with Crippen molar-refractivity contribution in [3.8, 4) is 0 Å². The van der Waals surface area contributed by atoms with Gasteiger partial charge in [-0.3, -0.25) is 6.08 Å². The van der Waals surface area contributed by atoms with Crippen molar-refractivity contribution in [2.45, 2.75) is 6.42 Å². The van der Waals surface area contributed by atoms with Crippen LogP contribution in [0, 0.1) is 13.5 Å². The predicted octanol–water partition coefficient (Wildman–Crippen LogP) is 1.75. The Kier molecular flexibility index (Phi) is 8.61. The van der Waals surface area contributed by atoms with Crippen LogP contribution in [0.5, 0.6) is 0 Å². The van der Waals surface area contributed by atoms with Crippen molar-refractivity contribution in [1.82, 2.24) is 0 Å². The summed E-state index contributed by atoms with van der Waals surface area (Å²) in [6.45, 7) is 0. The molecule has 0 saturated heterocycles. The molecule has 1 aliphatic carbocycles. The maximum absolute atomic E-state index is 2.99. The fourth-order valence-corrected chi connectivity index (χ4v) is 0.340. The van der Waals surface area contributed by atoms with E-state index in [4.69, 9.17) is 0 Å². The van der Waals surface area contributed by atoms with Gasteiger partial charge in [0.05, 0.1) is 0 Å². The van der Waals surface area contributed by atoms with Gasteiger partial charge in [0.15, 0.2) is 0 Å². The Hall–Kier alpha value is -0.0135. The molecular formula is C6H8Co. The molecular weight excluding hydrogens is 131 g/mol. The first-order chi connectivity index (χ1) is 2.50. The molecule has 0 fully saturated rings. The molecule has 0 saturated carbocycles. The van der Waals surface area contributed by atoms with Crippen LogP contribution in [0.3, 0.4) is 0 Å². The van der Waals surface area contributed by atoms with Crippen LogP contribution >= 0.6 is 0 Å². The molecule has 0 heterocycles. The SMILES string of the molecule is [C-]1=CC=CC1.[CH3-].[Co+2]. The van der Waals surface area contributed by atoms with Gasteiger partial charge >= 0.3 is 16.8 Å². The molecule has 0 N–H and O–H groups in total. The van der Waals surface area contributed by atoms with Gasteiger partial charge in [0.1, 0.15) is 0 Å². The number of hydrogen-bond acceptors (Lipinski definition) is 0. The maximum Gasteiger partial charge on any atom is 2.00 e. The van der Waals surface area contributed by atoms with E-state index in [9.17, 15) is 0 Å². The van der Waals surface area contributed by atoms with Crippen molar-refractivity contribution in [2.75, 3.05) is 0 Å². The standard InChI is InChI=1S/C5H5.CH3.Co/c1-2-4-5-3-1;;/h1-3H,4H2;1H3;/q2*-1;+2. The average Bonchev–Trinajstić information content (AvgIpc) is 1.76. The Bertz CT molecular complexity index is 62.2. The van der Waals surface area contributed by atoms with Gasteiger partial charge in [-0.1, -0.05) is 0 Å². The summed E-state index contributed by atoms with van der Waals surface area (Å²) in [5, 5.41) is 0. The van der Waals surface area contributed by atoms with Gasteiger partial charge in [0, 0.05) is 0 Å². The molecule has 1 rings (SSSR count). The maximum atomic E-state index is 2.99. The van der Waals surface area contributed by atoms with Gasteiger partial charge < -0.3 is 7.43 Å². The van der Waals surface area contributed by atoms with Gasteiger partial charge in [0.2, 0.25) is 0 Å². The zero-order valence-corrected chi connectivity index (χ0v) is 5.31. The first-order valence-electron chi connectivity index (χ1n) is 1.72. The number of allylic oxidation sites excluding steroid dienone is 4. The molecule has 0 amide bonds. The smallest absolute Gasteiger partial charge is 0.358 e. The summed E-state index contributed by atoms with van der Waals surface area (Å²) in [5.41, 5.74) is 0. The third-order valence-electron chi connectivity index (χ3n) is 0.586. The van der Waals surface area contributed by atoms with Crippen LogP contribution in [0.15, 0.2) is 18.2 Å². The minimum Gasteiger partial charge on any atom is -0.358 e. The topological polar surface area (TPSA) is 0 Å². The van der Waals surface area contributed by atoms with Crippen molar-refractivity contribution < 1.29 is 16.8 Å². The van der Waals surface area contributed by atoms with Crippen molar-refractivity contribution in [3.05, 3.63) is 31.7 Å². The summed E-state index contributed by atoms with van der Waals surface area (Å²) in [7, 11) is 0. The molecule has 0 nitrogen and oxygen atoms in total. The minimum absolute atomic E-state index is 0. The second-order valence-electron chi connectivity index (χ2n) is 1.00. The summed E-state index contributed by atoms with van der Waals surface area (Å²) in [6.07, 6.45) is 10.0. The molecule has 0 bridgehead atoms. The van der Waals surface area contributed by atoms with Crippen LogP contribution in [0.4, 0.5) is 0 Å². The summed E-state index contributed by atoms with van der Waals surface area (Å²) >= 11 is 0. The van der Waals surface area contributed by atoms with Crippen LogP contribution in [-0.4, -0.2) is 0 Å². The Morgan fingerprint density at radius 3 is 2.29 bits per heavy atom. The van der Waals surface area contributed by atoms with Crippen LogP contribution in [0.1, 0.15) is 6.42 Å². The molecule has 41 valence electrons. The van der Waals surface area contributed by atoms with Gasteiger partial charge in [0.25, 0.3) is 0 Å². The molecule has 1 radical (unpaired) electrons. The van der Waals surface area contributed by atoms with Crippen LogP contribution in [-0.2, 0) is 16.8 Å². The molecule has 0 atom stereocenters. The molecule has 0 aromatic carbocycles. The zero-order chi connectivity index (χ0) is 3.54. The second kappa shape index (κ2) is 5.99. The van der Waals surface area contributed by atoms with Gasteiger partial charge in [-0.25, -0.2) is 12.2 Å². The quantitative estimate of drug-likeness (QED) is 0.448. The van der Waals surface area contributed by atoms with E-state index in [2.05, 4.69) is 12.2 Å². The molecule has 0 unspecified atom stereocenters. The van der Waals surface area contributed by atoms with E-state index in [0.29, 0.717) is 0 Å². The Balaban J connectivity index is 0. The summed E-state index contributed by atoms with van der Waals surface area (Å²) in [6, 6.07) is 0. The molecule has 0 aromatic rings. The van der Waals surface area contributed by atoms with E-state index in [-0.39, 0.29) is 24.2 Å². The molecule has 0 aromatic heterocycles. The minimum atomic E-state index is 0. The molecule has 7 heavy (non-hydrogen) atoms. The molecule has 1 heteroatoms. The fourth-order valence-electron chi connectivity index (χ4n) is 0.340. The number of hydrogen-bond donors (Lipinski definition) is 0. The van der Waals surface area contributed by atoms with E-state index in [0.717, 1.165) is 6.42 Å². The van der Waals surface area contributed by atoms with Crippen molar-refractivity contribution in [3.63, 3.8) is 0 Å². The monoisotopic (exact) mass is 139 g/mol. The Labute approximate surface area is 55.5 Å². The average molecular weight is 139 g/mol. The van der Waals surface area contributed by atoms with Crippen LogP contribution in [0.25, 0.3) is 0 Å². The molecule has 0 spiro atoms. The first-order valence-corrected chi connectivity index (χ1v) is 1.72. The van der Waals surface area contributed by atoms with Gasteiger partial charge in [-0.15, -0.1) is 6.42 Å². The fraction of sp³-hybridized carbons (Fsp3) is 0.167. The molecule has 0 aliphatic heterocycles. The summed E-state index contributed by atoms with van der Waals surface area (Å²) < 4.78 is 0. The molecule has 1 aliphatic rings. The summed E-state index contributed by atoms with van der Waals surface area (Å²) in [4.78, 5) is 0. The zero-order valence-electron chi connectivity index (χ0n) is 4.27. The van der Waals surface area contributed by atoms with E-state index in [1.54, 1.807) is 0 Å². The van der Waals surface area contributed by atoms with Gasteiger partial charge in [-0.2, -0.15) is 6.08 Å². The van der Waals surface area contributed by atoms with Gasteiger partial charge in [-0.05, 0) is 0 Å². The summed E-state index contributed by atoms with van der Waals surface area (Å²) in [5.74, 6) is 0. The second-order valence-corrected chi connectivity index (χ2v) is 1.00. The number of rotatable bonds is 0. The third kappa shape index (κ3) is 3.83. The van der Waals surface area contributed by atoms with Crippen LogP contribution in [0.2, 0.25) is 0 Å². The van der Waals surface area contributed by atoms with Crippen molar-refractivity contribution in [2.24, 2.45) is 0 Å². The normalized spacial score (nSPS) is 12.6. The van der Waals surface area contributed by atoms with E-state index in [1.165, 1.54) is 0 Å². The Morgan fingerprint density at radius 2 is 2.14 bits per heavy atom. The van der Waals surface area contributed by atoms with E-state index < -0.39 is 0 Å². The van der Waals surface area contributed by atoms with Crippen molar-refractivity contribution in [1.29, 1.82) is 0 Å². The van der Waals surface area contributed by atoms with E-state index in [1.807, 2.05) is 12.2 Å². The largest absolute Gasteiger partial charge is 2.00 e. The van der Waals surface area contributed by atoms with E-state index >= 15 is 0 Å². The van der Waals surface area contributed by atoms with Crippen LogP contribution < -0.4 is 0 Å².